The Labute approximate surface area is 104 Å². The third kappa shape index (κ3) is 9.85. The van der Waals surface area contributed by atoms with E-state index in [4.69, 9.17) is 5.11 Å². The highest BCUT2D eigenvalue weighted by molar-refractivity contribution is 5.77. The number of aliphatic carboxylic acids is 1. The van der Waals surface area contributed by atoms with Crippen LogP contribution in [0.15, 0.2) is 0 Å². The Morgan fingerprint density at radius 2 is 1.71 bits per heavy atom. The zero-order valence-corrected chi connectivity index (χ0v) is 11.5. The van der Waals surface area contributed by atoms with Crippen LogP contribution in [0.3, 0.4) is 0 Å². The first-order valence-electron chi connectivity index (χ1n) is 6.11. The molecule has 0 aromatic carbocycles. The fourth-order valence-electron chi connectivity index (χ4n) is 2.08. The van der Waals surface area contributed by atoms with E-state index in [-0.39, 0.29) is 23.8 Å². The summed E-state index contributed by atoms with van der Waals surface area (Å²) < 4.78 is 0. The van der Waals surface area contributed by atoms with E-state index in [0.717, 1.165) is 6.42 Å². The number of carboxylic acid groups (broad SMARTS) is 1. The first-order valence-corrected chi connectivity index (χ1v) is 6.11. The van der Waals surface area contributed by atoms with Gasteiger partial charge in [0.25, 0.3) is 0 Å². The van der Waals surface area contributed by atoms with Crippen LogP contribution in [-0.4, -0.2) is 23.0 Å². The van der Waals surface area contributed by atoms with Gasteiger partial charge in [0, 0.05) is 12.5 Å². The Morgan fingerprint density at radius 3 is 2.12 bits per heavy atom. The first-order chi connectivity index (χ1) is 7.60. The van der Waals surface area contributed by atoms with Crippen LogP contribution in [-0.2, 0) is 9.59 Å². The summed E-state index contributed by atoms with van der Waals surface area (Å²) >= 11 is 0. The highest BCUT2D eigenvalue weighted by Crippen LogP contribution is 2.25. The van der Waals surface area contributed by atoms with Gasteiger partial charge in [0.2, 0.25) is 5.91 Å². The molecule has 4 heteroatoms. The minimum Gasteiger partial charge on any atom is -0.481 e. The van der Waals surface area contributed by atoms with Crippen LogP contribution in [0.4, 0.5) is 0 Å². The summed E-state index contributed by atoms with van der Waals surface area (Å²) in [5.74, 6) is -0.636. The summed E-state index contributed by atoms with van der Waals surface area (Å²) in [6.45, 7) is 10.2. The average molecular weight is 243 g/mol. The van der Waals surface area contributed by atoms with Crippen molar-refractivity contribution in [3.05, 3.63) is 0 Å². The van der Waals surface area contributed by atoms with E-state index in [0.29, 0.717) is 12.3 Å². The van der Waals surface area contributed by atoms with Gasteiger partial charge < -0.3 is 10.4 Å². The van der Waals surface area contributed by atoms with Gasteiger partial charge in [-0.05, 0) is 24.7 Å². The third-order valence-corrected chi connectivity index (χ3v) is 2.38. The normalized spacial score (nSPS) is 15.1. The lowest BCUT2D eigenvalue weighted by atomic mass is 9.84. The fraction of sp³-hybridized carbons (Fsp3) is 0.846. The predicted molar refractivity (Wildman–Crippen MR) is 67.7 cm³/mol. The Hall–Kier alpha value is -1.06. The lowest BCUT2D eigenvalue weighted by molar-refractivity contribution is -0.137. The van der Waals surface area contributed by atoms with Gasteiger partial charge in [0.15, 0.2) is 0 Å². The molecule has 0 bridgehead atoms. The summed E-state index contributed by atoms with van der Waals surface area (Å²) in [5, 5.41) is 11.3. The molecule has 4 nitrogen and oxygen atoms in total. The lowest BCUT2D eigenvalue weighted by Crippen LogP contribution is -2.35. The SMILES string of the molecule is CC(CC(=O)NC(C)CC(=O)O)CC(C)(C)C. The summed E-state index contributed by atoms with van der Waals surface area (Å²) in [6.07, 6.45) is 1.41. The fourth-order valence-corrected chi connectivity index (χ4v) is 2.08. The van der Waals surface area contributed by atoms with Crippen molar-refractivity contribution >= 4 is 11.9 Å². The van der Waals surface area contributed by atoms with Gasteiger partial charge in [-0.15, -0.1) is 0 Å². The minimum atomic E-state index is -0.888. The molecule has 100 valence electrons. The molecule has 0 saturated heterocycles. The van der Waals surface area contributed by atoms with Crippen molar-refractivity contribution < 1.29 is 14.7 Å². The van der Waals surface area contributed by atoms with Gasteiger partial charge in [-0.1, -0.05) is 27.7 Å². The summed E-state index contributed by atoms with van der Waals surface area (Å²) in [5.41, 5.74) is 0.215. The van der Waals surface area contributed by atoms with Crippen molar-refractivity contribution in [1.82, 2.24) is 5.32 Å². The molecular weight excluding hydrogens is 218 g/mol. The number of amides is 1. The topological polar surface area (TPSA) is 66.4 Å². The second-order valence-corrected chi connectivity index (χ2v) is 6.14. The molecule has 2 atom stereocenters. The molecule has 0 saturated carbocycles. The van der Waals surface area contributed by atoms with Crippen LogP contribution in [0.25, 0.3) is 0 Å². The van der Waals surface area contributed by atoms with Gasteiger partial charge in [-0.2, -0.15) is 0 Å². The van der Waals surface area contributed by atoms with E-state index in [1.807, 2.05) is 6.92 Å². The molecule has 0 heterocycles. The Morgan fingerprint density at radius 1 is 1.18 bits per heavy atom. The van der Waals surface area contributed by atoms with Crippen LogP contribution in [0.1, 0.15) is 53.9 Å². The molecule has 0 aliphatic carbocycles. The zero-order chi connectivity index (χ0) is 13.6. The van der Waals surface area contributed by atoms with Crippen molar-refractivity contribution in [1.29, 1.82) is 0 Å². The molecule has 0 radical (unpaired) electrons. The molecule has 2 N–H and O–H groups in total. The number of carbonyl (C=O) groups excluding carboxylic acids is 1. The molecular formula is C13H25NO3. The molecule has 2 unspecified atom stereocenters. The van der Waals surface area contributed by atoms with Crippen molar-refractivity contribution in [3.8, 4) is 0 Å². The van der Waals surface area contributed by atoms with Gasteiger partial charge >= 0.3 is 5.97 Å². The Bertz CT molecular complexity index is 268. The molecule has 0 aromatic rings. The van der Waals surface area contributed by atoms with Crippen molar-refractivity contribution in [3.63, 3.8) is 0 Å². The van der Waals surface area contributed by atoms with Crippen LogP contribution in [0, 0.1) is 11.3 Å². The summed E-state index contributed by atoms with van der Waals surface area (Å²) in [6, 6.07) is -0.304. The van der Waals surface area contributed by atoms with E-state index in [9.17, 15) is 9.59 Å². The van der Waals surface area contributed by atoms with Crippen LogP contribution in [0.2, 0.25) is 0 Å². The Kier molecular flexibility index (Phi) is 6.21. The maximum atomic E-state index is 11.6. The van der Waals surface area contributed by atoms with Crippen molar-refractivity contribution in [2.45, 2.75) is 59.9 Å². The zero-order valence-electron chi connectivity index (χ0n) is 11.5. The Balaban J connectivity index is 3.97. The predicted octanol–water partition coefficient (Wildman–Crippen LogP) is 2.43. The minimum absolute atomic E-state index is 0.0284. The first kappa shape index (κ1) is 15.9. The van der Waals surface area contributed by atoms with E-state index in [1.165, 1.54) is 0 Å². The van der Waals surface area contributed by atoms with E-state index >= 15 is 0 Å². The number of carbonyl (C=O) groups is 2. The number of hydrogen-bond acceptors (Lipinski definition) is 2. The molecule has 1 amide bonds. The largest absolute Gasteiger partial charge is 0.481 e. The van der Waals surface area contributed by atoms with E-state index in [1.54, 1.807) is 6.92 Å². The second-order valence-electron chi connectivity index (χ2n) is 6.14. The van der Waals surface area contributed by atoms with Gasteiger partial charge in [-0.25, -0.2) is 0 Å². The van der Waals surface area contributed by atoms with Crippen LogP contribution < -0.4 is 5.32 Å². The van der Waals surface area contributed by atoms with Crippen molar-refractivity contribution in [2.24, 2.45) is 11.3 Å². The average Bonchev–Trinajstić information content (AvgIpc) is 1.95. The maximum Gasteiger partial charge on any atom is 0.305 e. The highest BCUT2D eigenvalue weighted by Gasteiger charge is 2.18. The van der Waals surface area contributed by atoms with Gasteiger partial charge in [0.1, 0.15) is 0 Å². The monoisotopic (exact) mass is 243 g/mol. The molecule has 17 heavy (non-hydrogen) atoms. The van der Waals surface area contributed by atoms with Crippen LogP contribution >= 0.6 is 0 Å². The molecule has 0 fully saturated rings. The molecule has 0 aliphatic heterocycles. The smallest absolute Gasteiger partial charge is 0.305 e. The maximum absolute atomic E-state index is 11.6. The third-order valence-electron chi connectivity index (χ3n) is 2.38. The number of hydrogen-bond donors (Lipinski definition) is 2. The lowest BCUT2D eigenvalue weighted by Gasteiger charge is -2.23. The number of rotatable bonds is 6. The van der Waals surface area contributed by atoms with Crippen molar-refractivity contribution in [2.75, 3.05) is 0 Å². The summed E-state index contributed by atoms with van der Waals surface area (Å²) in [7, 11) is 0. The quantitative estimate of drug-likeness (QED) is 0.753. The van der Waals surface area contributed by atoms with E-state index in [2.05, 4.69) is 26.1 Å². The molecule has 0 rings (SSSR count). The molecule has 0 aromatic heterocycles. The summed E-state index contributed by atoms with van der Waals surface area (Å²) in [4.78, 5) is 22.1. The van der Waals surface area contributed by atoms with Crippen LogP contribution in [0.5, 0.6) is 0 Å². The van der Waals surface area contributed by atoms with Gasteiger partial charge in [0.05, 0.1) is 6.42 Å². The molecule has 0 aliphatic rings. The molecule has 0 spiro atoms. The number of nitrogens with one attached hydrogen (secondary N) is 1. The van der Waals surface area contributed by atoms with Gasteiger partial charge in [-0.3, -0.25) is 9.59 Å². The second kappa shape index (κ2) is 6.62. The number of carboxylic acids is 1. The van der Waals surface area contributed by atoms with E-state index < -0.39 is 5.97 Å². The standard InChI is InChI=1S/C13H25NO3/c1-9(8-13(3,4)5)6-11(15)14-10(2)7-12(16)17/h9-10H,6-8H2,1-5H3,(H,14,15)(H,16,17). The highest BCUT2D eigenvalue weighted by atomic mass is 16.4.